The molecule has 70 valence electrons. The van der Waals surface area contributed by atoms with Crippen LogP contribution in [0.5, 0.6) is 0 Å². The maximum absolute atomic E-state index is 8.54. The Balaban J connectivity index is 2.89. The van der Waals surface area contributed by atoms with Gasteiger partial charge in [-0.15, -0.1) is 0 Å². The highest BCUT2D eigenvalue weighted by Crippen LogP contribution is 2.14. The molecule has 1 aromatic heterocycles. The number of rotatable bonds is 3. The second-order valence-electron chi connectivity index (χ2n) is 2.65. The number of hydrogen-bond acceptors (Lipinski definition) is 5. The summed E-state index contributed by atoms with van der Waals surface area (Å²) < 4.78 is 0. The zero-order valence-corrected chi connectivity index (χ0v) is 7.51. The van der Waals surface area contributed by atoms with E-state index in [1.807, 2.05) is 12.1 Å². The highest BCUT2D eigenvalue weighted by atomic mass is 15.1. The minimum Gasteiger partial charge on any atom is -0.397 e. The summed E-state index contributed by atoms with van der Waals surface area (Å²) in [6.45, 7) is 0.303. The van der Waals surface area contributed by atoms with Crippen LogP contribution < -0.4 is 10.6 Å². The smallest absolute Gasteiger partial charge is 0.107 e. The Morgan fingerprint density at radius 1 is 1.29 bits per heavy atom. The Labute approximate surface area is 82.0 Å². The van der Waals surface area contributed by atoms with Gasteiger partial charge in [-0.2, -0.15) is 10.5 Å². The van der Waals surface area contributed by atoms with Crippen molar-refractivity contribution in [3.8, 4) is 12.1 Å². The molecular weight excluding hydrogens is 178 g/mol. The third kappa shape index (κ3) is 2.36. The molecule has 0 unspecified atom stereocenters. The molecule has 0 spiro atoms. The average molecular weight is 187 g/mol. The first kappa shape index (κ1) is 9.82. The SMILES string of the molecule is N#CCN(CC#N)c1cncc(N)c1. The van der Waals surface area contributed by atoms with E-state index in [2.05, 4.69) is 4.98 Å². The monoisotopic (exact) mass is 187 g/mol. The molecule has 1 rings (SSSR count). The molecule has 0 aliphatic rings. The molecule has 0 saturated carbocycles. The zero-order chi connectivity index (χ0) is 10.4. The number of nitrogens with zero attached hydrogens (tertiary/aromatic N) is 4. The summed E-state index contributed by atoms with van der Waals surface area (Å²) in [4.78, 5) is 5.48. The number of aromatic nitrogens is 1. The van der Waals surface area contributed by atoms with Crippen molar-refractivity contribution in [2.24, 2.45) is 0 Å². The third-order valence-corrected chi connectivity index (χ3v) is 1.63. The number of anilines is 2. The first-order chi connectivity index (χ1) is 6.77. The van der Waals surface area contributed by atoms with Crippen molar-refractivity contribution in [3.63, 3.8) is 0 Å². The van der Waals surface area contributed by atoms with Crippen molar-refractivity contribution < 1.29 is 0 Å². The van der Waals surface area contributed by atoms with Crippen LogP contribution in [0.25, 0.3) is 0 Å². The van der Waals surface area contributed by atoms with Crippen LogP contribution in [-0.2, 0) is 0 Å². The first-order valence-corrected chi connectivity index (χ1v) is 3.97. The summed E-state index contributed by atoms with van der Waals surface area (Å²) in [7, 11) is 0. The molecule has 0 aliphatic heterocycles. The van der Waals surface area contributed by atoms with Crippen molar-refractivity contribution in [3.05, 3.63) is 18.5 Å². The van der Waals surface area contributed by atoms with E-state index in [0.29, 0.717) is 11.4 Å². The van der Waals surface area contributed by atoms with Crippen molar-refractivity contribution in [2.75, 3.05) is 23.7 Å². The van der Waals surface area contributed by atoms with E-state index in [-0.39, 0.29) is 13.1 Å². The van der Waals surface area contributed by atoms with Crippen molar-refractivity contribution in [1.82, 2.24) is 4.98 Å². The molecule has 2 N–H and O–H groups in total. The van der Waals surface area contributed by atoms with Crippen LogP contribution in [0.15, 0.2) is 18.5 Å². The third-order valence-electron chi connectivity index (χ3n) is 1.63. The fourth-order valence-corrected chi connectivity index (χ4v) is 1.03. The summed E-state index contributed by atoms with van der Waals surface area (Å²) in [5, 5.41) is 17.1. The summed E-state index contributed by atoms with van der Waals surface area (Å²) in [5.41, 5.74) is 6.74. The predicted molar refractivity (Wildman–Crippen MR) is 52.1 cm³/mol. The zero-order valence-electron chi connectivity index (χ0n) is 7.51. The van der Waals surface area contributed by atoms with Gasteiger partial charge < -0.3 is 10.6 Å². The highest BCUT2D eigenvalue weighted by molar-refractivity contribution is 5.54. The van der Waals surface area contributed by atoms with Crippen LogP contribution in [0.1, 0.15) is 0 Å². The van der Waals surface area contributed by atoms with Gasteiger partial charge in [0.1, 0.15) is 13.1 Å². The minimum atomic E-state index is 0.151. The molecule has 0 bridgehead atoms. The van der Waals surface area contributed by atoms with E-state index in [1.165, 1.54) is 6.20 Å². The standard InChI is InChI=1S/C9H9N5/c10-1-3-14(4-2-11)9-5-8(12)6-13-7-9/h5-7H,3-4,12H2. The Bertz CT molecular complexity index is 371. The Kier molecular flexibility index (Phi) is 3.28. The van der Waals surface area contributed by atoms with Gasteiger partial charge in [-0.3, -0.25) is 4.98 Å². The van der Waals surface area contributed by atoms with Gasteiger partial charge >= 0.3 is 0 Å². The summed E-state index contributed by atoms with van der Waals surface area (Å²) in [5.74, 6) is 0. The van der Waals surface area contributed by atoms with E-state index in [9.17, 15) is 0 Å². The summed E-state index contributed by atoms with van der Waals surface area (Å²) >= 11 is 0. The number of nitrogen functional groups attached to an aromatic ring is 1. The molecule has 0 fully saturated rings. The van der Waals surface area contributed by atoms with Crippen molar-refractivity contribution >= 4 is 11.4 Å². The lowest BCUT2D eigenvalue weighted by molar-refractivity contribution is 0.960. The van der Waals surface area contributed by atoms with E-state index in [1.54, 1.807) is 17.2 Å². The van der Waals surface area contributed by atoms with Crippen molar-refractivity contribution in [2.45, 2.75) is 0 Å². The molecule has 14 heavy (non-hydrogen) atoms. The largest absolute Gasteiger partial charge is 0.397 e. The maximum Gasteiger partial charge on any atom is 0.107 e. The predicted octanol–water partition coefficient (Wildman–Crippen LogP) is 0.517. The van der Waals surface area contributed by atoms with Crippen LogP contribution >= 0.6 is 0 Å². The molecule has 1 heterocycles. The molecule has 5 nitrogen and oxygen atoms in total. The average Bonchev–Trinajstić information content (AvgIpc) is 2.17. The first-order valence-electron chi connectivity index (χ1n) is 3.97. The molecule has 1 aromatic rings. The molecule has 0 amide bonds. The quantitative estimate of drug-likeness (QED) is 0.696. The van der Waals surface area contributed by atoms with E-state index < -0.39 is 0 Å². The second kappa shape index (κ2) is 4.68. The van der Waals surface area contributed by atoms with Crippen LogP contribution in [0, 0.1) is 22.7 Å². The molecule has 0 atom stereocenters. The minimum absolute atomic E-state index is 0.151. The lowest BCUT2D eigenvalue weighted by Crippen LogP contribution is -2.23. The van der Waals surface area contributed by atoms with Crippen LogP contribution in [0.3, 0.4) is 0 Å². The van der Waals surface area contributed by atoms with Gasteiger partial charge in [0.15, 0.2) is 0 Å². The van der Waals surface area contributed by atoms with Gasteiger partial charge in [0, 0.05) is 6.20 Å². The van der Waals surface area contributed by atoms with Gasteiger partial charge in [0.05, 0.1) is 29.7 Å². The van der Waals surface area contributed by atoms with Gasteiger partial charge in [0.25, 0.3) is 0 Å². The number of pyridine rings is 1. The van der Waals surface area contributed by atoms with Gasteiger partial charge in [-0.25, -0.2) is 0 Å². The van der Waals surface area contributed by atoms with Crippen molar-refractivity contribution in [1.29, 1.82) is 10.5 Å². The van der Waals surface area contributed by atoms with E-state index in [0.717, 1.165) is 0 Å². The van der Waals surface area contributed by atoms with E-state index in [4.69, 9.17) is 16.3 Å². The lowest BCUT2D eigenvalue weighted by Gasteiger charge is -2.17. The molecular formula is C9H9N5. The van der Waals surface area contributed by atoms with Gasteiger partial charge in [0.2, 0.25) is 0 Å². The normalized spacial score (nSPS) is 8.71. The molecule has 0 aromatic carbocycles. The van der Waals surface area contributed by atoms with Gasteiger partial charge in [-0.1, -0.05) is 0 Å². The molecule has 5 heteroatoms. The molecule has 0 radical (unpaired) electrons. The maximum atomic E-state index is 8.54. The fraction of sp³-hybridized carbons (Fsp3) is 0.222. The second-order valence-corrected chi connectivity index (χ2v) is 2.65. The van der Waals surface area contributed by atoms with Crippen LogP contribution in [-0.4, -0.2) is 18.1 Å². The lowest BCUT2D eigenvalue weighted by atomic mass is 10.3. The number of nitriles is 2. The Morgan fingerprint density at radius 2 is 1.93 bits per heavy atom. The Hall–Kier alpha value is -2.27. The highest BCUT2D eigenvalue weighted by Gasteiger charge is 2.05. The van der Waals surface area contributed by atoms with Crippen LogP contribution in [0.4, 0.5) is 11.4 Å². The van der Waals surface area contributed by atoms with Crippen LogP contribution in [0.2, 0.25) is 0 Å². The molecule has 0 saturated heterocycles. The topological polar surface area (TPSA) is 89.7 Å². The number of nitrogens with two attached hydrogens (primary N) is 1. The van der Waals surface area contributed by atoms with E-state index >= 15 is 0 Å². The summed E-state index contributed by atoms with van der Waals surface area (Å²) in [6, 6.07) is 5.64. The fourth-order valence-electron chi connectivity index (χ4n) is 1.03. The molecule has 0 aliphatic carbocycles. The Morgan fingerprint density at radius 3 is 2.43 bits per heavy atom. The van der Waals surface area contributed by atoms with Gasteiger partial charge in [-0.05, 0) is 6.07 Å². The summed E-state index contributed by atoms with van der Waals surface area (Å²) in [6.07, 6.45) is 3.09. The number of hydrogen-bond donors (Lipinski definition) is 1.